The molecule has 0 atom stereocenters. The summed E-state index contributed by atoms with van der Waals surface area (Å²) in [6.07, 6.45) is 4.00. The molecule has 2 rings (SSSR count). The molecule has 1 aromatic carbocycles. The second-order valence-corrected chi connectivity index (χ2v) is 6.92. The van der Waals surface area contributed by atoms with E-state index in [1.807, 2.05) is 38.1 Å². The highest BCUT2D eigenvalue weighted by atomic mass is 16.4. The lowest BCUT2D eigenvalue weighted by atomic mass is 9.99. The van der Waals surface area contributed by atoms with Crippen molar-refractivity contribution in [3.05, 3.63) is 24.3 Å². The smallest absolute Gasteiger partial charge is 0.319 e. The Kier molecular flexibility index (Phi) is 6.06. The lowest BCUT2D eigenvalue weighted by Crippen LogP contribution is -2.46. The Bertz CT molecular complexity index is 581. The first-order valence-electron chi connectivity index (χ1n) is 8.52. The topological polar surface area (TPSA) is 81.7 Å². The minimum absolute atomic E-state index is 0.0254. The molecule has 3 N–H and O–H groups in total. The number of aliphatic carboxylic acids is 1. The summed E-state index contributed by atoms with van der Waals surface area (Å²) in [4.78, 5) is 25.3. The van der Waals surface area contributed by atoms with Gasteiger partial charge in [0.05, 0.1) is 11.4 Å². The molecule has 1 heterocycles. The maximum Gasteiger partial charge on any atom is 0.319 e. The fourth-order valence-electron chi connectivity index (χ4n) is 2.93. The summed E-state index contributed by atoms with van der Waals surface area (Å²) >= 11 is 0. The van der Waals surface area contributed by atoms with Gasteiger partial charge in [-0.25, -0.2) is 4.79 Å². The van der Waals surface area contributed by atoms with Gasteiger partial charge in [-0.05, 0) is 51.7 Å². The summed E-state index contributed by atoms with van der Waals surface area (Å²) in [5.41, 5.74) is 1.24. The number of rotatable bonds is 6. The number of hydrogen-bond donors (Lipinski definition) is 3. The summed E-state index contributed by atoms with van der Waals surface area (Å²) in [5.74, 6) is -0.860. The number of carbonyl (C=O) groups is 2. The largest absolute Gasteiger partial charge is 0.481 e. The standard InChI is InChI=1S/C18H27N3O3/c1-18(2,11-10-16(22)23)20-17(24)19-14-8-4-5-9-15(14)21-12-6-3-7-13-21/h4-5,8-9H,3,6-7,10-13H2,1-2H3,(H,22,23)(H2,19,20,24). The third kappa shape index (κ3) is 5.44. The third-order valence-electron chi connectivity index (χ3n) is 4.26. The van der Waals surface area contributed by atoms with Crippen molar-refractivity contribution in [1.29, 1.82) is 0 Å². The van der Waals surface area contributed by atoms with Gasteiger partial charge in [0.15, 0.2) is 0 Å². The molecule has 6 heteroatoms. The van der Waals surface area contributed by atoms with Gasteiger partial charge in [-0.2, -0.15) is 0 Å². The van der Waals surface area contributed by atoms with Crippen molar-refractivity contribution in [2.75, 3.05) is 23.3 Å². The van der Waals surface area contributed by atoms with Crippen molar-refractivity contribution in [3.63, 3.8) is 0 Å². The van der Waals surface area contributed by atoms with Crippen LogP contribution in [-0.2, 0) is 4.79 Å². The summed E-state index contributed by atoms with van der Waals surface area (Å²) < 4.78 is 0. The van der Waals surface area contributed by atoms with Crippen LogP contribution in [0.5, 0.6) is 0 Å². The number of nitrogens with zero attached hydrogens (tertiary/aromatic N) is 1. The monoisotopic (exact) mass is 333 g/mol. The highest BCUT2D eigenvalue weighted by Gasteiger charge is 2.22. The van der Waals surface area contributed by atoms with E-state index in [2.05, 4.69) is 15.5 Å². The zero-order chi connectivity index (χ0) is 17.6. The number of hydrogen-bond acceptors (Lipinski definition) is 3. The van der Waals surface area contributed by atoms with Crippen LogP contribution in [-0.4, -0.2) is 35.7 Å². The number of urea groups is 1. The molecule has 1 fully saturated rings. The van der Waals surface area contributed by atoms with E-state index < -0.39 is 11.5 Å². The van der Waals surface area contributed by atoms with Gasteiger partial charge in [-0.15, -0.1) is 0 Å². The summed E-state index contributed by atoms with van der Waals surface area (Å²) in [6.45, 7) is 5.66. The molecule has 1 saturated heterocycles. The molecular weight excluding hydrogens is 306 g/mol. The fourth-order valence-corrected chi connectivity index (χ4v) is 2.93. The number of carboxylic acids is 1. The van der Waals surface area contributed by atoms with E-state index in [9.17, 15) is 9.59 Å². The second-order valence-electron chi connectivity index (χ2n) is 6.92. The van der Waals surface area contributed by atoms with Crippen LogP contribution in [0.25, 0.3) is 0 Å². The molecule has 0 aliphatic carbocycles. The zero-order valence-corrected chi connectivity index (χ0v) is 14.5. The van der Waals surface area contributed by atoms with Gasteiger partial charge in [0.25, 0.3) is 0 Å². The molecule has 2 amide bonds. The predicted molar refractivity (Wildman–Crippen MR) is 95.6 cm³/mol. The molecule has 1 aromatic rings. The van der Waals surface area contributed by atoms with Gasteiger partial charge in [-0.3, -0.25) is 4.79 Å². The number of carboxylic acid groups (broad SMARTS) is 1. The second kappa shape index (κ2) is 8.04. The number of para-hydroxylation sites is 2. The SMILES string of the molecule is CC(C)(CCC(=O)O)NC(=O)Nc1ccccc1N1CCCCC1. The third-order valence-corrected chi connectivity index (χ3v) is 4.26. The summed E-state index contributed by atoms with van der Waals surface area (Å²) in [5, 5.41) is 14.6. The zero-order valence-electron chi connectivity index (χ0n) is 14.5. The summed E-state index contributed by atoms with van der Waals surface area (Å²) in [6, 6.07) is 7.49. The average Bonchev–Trinajstić information content (AvgIpc) is 2.54. The van der Waals surface area contributed by atoms with Crippen molar-refractivity contribution in [1.82, 2.24) is 5.32 Å². The molecule has 0 radical (unpaired) electrons. The van der Waals surface area contributed by atoms with Crippen LogP contribution >= 0.6 is 0 Å². The van der Waals surface area contributed by atoms with E-state index in [1.165, 1.54) is 19.3 Å². The van der Waals surface area contributed by atoms with E-state index >= 15 is 0 Å². The van der Waals surface area contributed by atoms with Gasteiger partial charge in [0, 0.05) is 25.0 Å². The van der Waals surface area contributed by atoms with Gasteiger partial charge < -0.3 is 20.6 Å². The normalized spacial score (nSPS) is 15.0. The average molecular weight is 333 g/mol. The van der Waals surface area contributed by atoms with E-state index in [0.29, 0.717) is 6.42 Å². The maximum atomic E-state index is 12.3. The Morgan fingerprint density at radius 1 is 1.17 bits per heavy atom. The lowest BCUT2D eigenvalue weighted by molar-refractivity contribution is -0.137. The Hall–Kier alpha value is -2.24. The molecule has 0 saturated carbocycles. The maximum absolute atomic E-state index is 12.3. The van der Waals surface area contributed by atoms with Crippen LogP contribution in [0.2, 0.25) is 0 Å². The Balaban J connectivity index is 1.99. The molecule has 0 spiro atoms. The Morgan fingerprint density at radius 2 is 1.83 bits per heavy atom. The van der Waals surface area contributed by atoms with Gasteiger partial charge in [-0.1, -0.05) is 12.1 Å². The highest BCUT2D eigenvalue weighted by Crippen LogP contribution is 2.28. The molecule has 1 aliphatic rings. The number of benzene rings is 1. The van der Waals surface area contributed by atoms with Crippen molar-refractivity contribution >= 4 is 23.4 Å². The van der Waals surface area contributed by atoms with Crippen LogP contribution in [0.4, 0.5) is 16.2 Å². The highest BCUT2D eigenvalue weighted by molar-refractivity contribution is 5.93. The van der Waals surface area contributed by atoms with Crippen LogP contribution in [0.15, 0.2) is 24.3 Å². The first-order valence-corrected chi connectivity index (χ1v) is 8.52. The Morgan fingerprint density at radius 3 is 2.50 bits per heavy atom. The van der Waals surface area contributed by atoms with Crippen molar-refractivity contribution in [2.45, 2.75) is 51.5 Å². The van der Waals surface area contributed by atoms with Crippen LogP contribution in [0.3, 0.4) is 0 Å². The fraction of sp³-hybridized carbons (Fsp3) is 0.556. The first kappa shape index (κ1) is 18.1. The molecule has 132 valence electrons. The van der Waals surface area contributed by atoms with Crippen LogP contribution < -0.4 is 15.5 Å². The van der Waals surface area contributed by atoms with Gasteiger partial charge >= 0.3 is 12.0 Å². The predicted octanol–water partition coefficient (Wildman–Crippen LogP) is 3.44. The van der Waals surface area contributed by atoms with E-state index in [4.69, 9.17) is 5.11 Å². The number of piperidine rings is 1. The molecule has 24 heavy (non-hydrogen) atoms. The van der Waals surface area contributed by atoms with E-state index in [-0.39, 0.29) is 12.5 Å². The molecule has 0 unspecified atom stereocenters. The molecular formula is C18H27N3O3. The quantitative estimate of drug-likeness (QED) is 0.745. The van der Waals surface area contributed by atoms with Crippen molar-refractivity contribution in [2.24, 2.45) is 0 Å². The number of amides is 2. The van der Waals surface area contributed by atoms with Crippen molar-refractivity contribution in [3.8, 4) is 0 Å². The molecule has 0 aromatic heterocycles. The lowest BCUT2D eigenvalue weighted by Gasteiger charge is -2.31. The first-order chi connectivity index (χ1) is 11.4. The number of carbonyl (C=O) groups excluding carboxylic acids is 1. The molecule has 0 bridgehead atoms. The minimum atomic E-state index is -0.860. The van der Waals surface area contributed by atoms with E-state index in [1.54, 1.807) is 0 Å². The molecule has 6 nitrogen and oxygen atoms in total. The summed E-state index contributed by atoms with van der Waals surface area (Å²) in [7, 11) is 0. The van der Waals surface area contributed by atoms with Gasteiger partial charge in [0.1, 0.15) is 0 Å². The number of nitrogens with one attached hydrogen (secondary N) is 2. The van der Waals surface area contributed by atoms with Crippen LogP contribution in [0.1, 0.15) is 46.0 Å². The van der Waals surface area contributed by atoms with Crippen LogP contribution in [0, 0.1) is 0 Å². The van der Waals surface area contributed by atoms with Crippen molar-refractivity contribution < 1.29 is 14.7 Å². The number of anilines is 2. The van der Waals surface area contributed by atoms with E-state index in [0.717, 1.165) is 24.5 Å². The Labute approximate surface area is 143 Å². The van der Waals surface area contributed by atoms with Gasteiger partial charge in [0.2, 0.25) is 0 Å². The minimum Gasteiger partial charge on any atom is -0.481 e. The molecule has 1 aliphatic heterocycles.